The Kier molecular flexibility index (Phi) is 5.03. The minimum atomic E-state index is -3.53. The molecule has 1 fully saturated rings. The number of aliphatic hydroxyl groups is 1. The molecule has 0 saturated carbocycles. The van der Waals surface area contributed by atoms with Crippen molar-refractivity contribution >= 4 is 10.0 Å². The van der Waals surface area contributed by atoms with Crippen LogP contribution in [0.4, 0.5) is 0 Å². The summed E-state index contributed by atoms with van der Waals surface area (Å²) in [5.74, 6) is 0. The van der Waals surface area contributed by atoms with Gasteiger partial charge in [0.25, 0.3) is 0 Å². The zero-order valence-electron chi connectivity index (χ0n) is 12.9. The van der Waals surface area contributed by atoms with Gasteiger partial charge in [-0.05, 0) is 51.1 Å². The lowest BCUT2D eigenvalue weighted by molar-refractivity contribution is 0.281. The van der Waals surface area contributed by atoms with Gasteiger partial charge in [-0.2, -0.15) is 4.31 Å². The molecule has 1 unspecified atom stereocenters. The van der Waals surface area contributed by atoms with Gasteiger partial charge in [-0.15, -0.1) is 0 Å². The van der Waals surface area contributed by atoms with Crippen LogP contribution in [0.2, 0.25) is 0 Å². The Hall–Kier alpha value is -0.950. The first-order valence-electron chi connectivity index (χ1n) is 7.27. The summed E-state index contributed by atoms with van der Waals surface area (Å²) in [5.41, 5.74) is 1.34. The highest BCUT2D eigenvalue weighted by atomic mass is 32.2. The van der Waals surface area contributed by atoms with E-state index >= 15 is 0 Å². The first-order valence-corrected chi connectivity index (χ1v) is 8.71. The van der Waals surface area contributed by atoms with Crippen LogP contribution >= 0.6 is 0 Å². The number of likely N-dealkylation sites (N-methyl/N-ethyl adjacent to an activating group) is 1. The summed E-state index contributed by atoms with van der Waals surface area (Å²) in [5, 5.41) is 9.25. The van der Waals surface area contributed by atoms with Gasteiger partial charge in [-0.3, -0.25) is 0 Å². The SMILES string of the molecule is Cc1ccc(CO)cc1S(=O)(=O)N1CCCN(C)CC1C. The molecule has 5 nitrogen and oxygen atoms in total. The molecule has 6 heteroatoms. The molecule has 2 rings (SSSR count). The number of aliphatic hydroxyl groups excluding tert-OH is 1. The van der Waals surface area contributed by atoms with Crippen molar-refractivity contribution < 1.29 is 13.5 Å². The lowest BCUT2D eigenvalue weighted by atomic mass is 10.2. The van der Waals surface area contributed by atoms with E-state index in [-0.39, 0.29) is 12.6 Å². The van der Waals surface area contributed by atoms with Gasteiger partial charge < -0.3 is 10.0 Å². The lowest BCUT2D eigenvalue weighted by Gasteiger charge is -2.28. The van der Waals surface area contributed by atoms with Gasteiger partial charge in [0.1, 0.15) is 0 Å². The highest BCUT2D eigenvalue weighted by Crippen LogP contribution is 2.24. The third-order valence-electron chi connectivity index (χ3n) is 4.01. The Morgan fingerprint density at radius 2 is 2.05 bits per heavy atom. The molecule has 1 N–H and O–H groups in total. The van der Waals surface area contributed by atoms with Gasteiger partial charge in [0.05, 0.1) is 11.5 Å². The Balaban J connectivity index is 2.41. The van der Waals surface area contributed by atoms with E-state index in [2.05, 4.69) is 4.90 Å². The molecule has 118 valence electrons. The van der Waals surface area contributed by atoms with E-state index in [1.54, 1.807) is 29.4 Å². The van der Waals surface area contributed by atoms with Gasteiger partial charge >= 0.3 is 0 Å². The maximum absolute atomic E-state index is 13.0. The monoisotopic (exact) mass is 312 g/mol. The van der Waals surface area contributed by atoms with Gasteiger partial charge in [0, 0.05) is 19.1 Å². The predicted molar refractivity (Wildman–Crippen MR) is 82.6 cm³/mol. The van der Waals surface area contributed by atoms with Gasteiger partial charge in [-0.1, -0.05) is 12.1 Å². The fourth-order valence-electron chi connectivity index (χ4n) is 2.85. The van der Waals surface area contributed by atoms with E-state index in [4.69, 9.17) is 0 Å². The Morgan fingerprint density at radius 3 is 2.71 bits per heavy atom. The van der Waals surface area contributed by atoms with Crippen molar-refractivity contribution in [3.05, 3.63) is 29.3 Å². The zero-order valence-corrected chi connectivity index (χ0v) is 13.7. The second-order valence-electron chi connectivity index (χ2n) is 5.84. The van der Waals surface area contributed by atoms with Crippen molar-refractivity contribution in [2.75, 3.05) is 26.7 Å². The summed E-state index contributed by atoms with van der Waals surface area (Å²) in [4.78, 5) is 2.47. The molecular formula is C15H24N2O3S. The van der Waals surface area contributed by atoms with Crippen LogP contribution < -0.4 is 0 Å². The molecule has 0 amide bonds. The van der Waals surface area contributed by atoms with Crippen LogP contribution in [0.3, 0.4) is 0 Å². The summed E-state index contributed by atoms with van der Waals surface area (Å²) in [6, 6.07) is 5.05. The lowest BCUT2D eigenvalue weighted by Crippen LogP contribution is -2.42. The molecule has 1 aromatic carbocycles. The quantitative estimate of drug-likeness (QED) is 0.911. The average molecular weight is 312 g/mol. The first-order chi connectivity index (χ1) is 9.86. The molecule has 0 radical (unpaired) electrons. The van der Waals surface area contributed by atoms with Gasteiger partial charge in [-0.25, -0.2) is 8.42 Å². The van der Waals surface area contributed by atoms with E-state index in [9.17, 15) is 13.5 Å². The Bertz CT molecular complexity index is 601. The fourth-order valence-corrected chi connectivity index (χ4v) is 4.79. The minimum absolute atomic E-state index is 0.0558. The third kappa shape index (κ3) is 3.45. The summed E-state index contributed by atoms with van der Waals surface area (Å²) in [6.45, 7) is 5.77. The summed E-state index contributed by atoms with van der Waals surface area (Å²) >= 11 is 0. The number of hydrogen-bond acceptors (Lipinski definition) is 4. The number of aryl methyl sites for hydroxylation is 1. The van der Waals surface area contributed by atoms with E-state index in [0.717, 1.165) is 25.1 Å². The first kappa shape index (κ1) is 16.4. The molecule has 1 heterocycles. The number of benzene rings is 1. The molecule has 1 aromatic rings. The highest BCUT2D eigenvalue weighted by molar-refractivity contribution is 7.89. The Labute approximate surface area is 127 Å². The fraction of sp³-hybridized carbons (Fsp3) is 0.600. The van der Waals surface area contributed by atoms with Crippen molar-refractivity contribution in [3.63, 3.8) is 0 Å². The maximum atomic E-state index is 13.0. The van der Waals surface area contributed by atoms with Crippen LogP contribution in [0.25, 0.3) is 0 Å². The summed E-state index contributed by atoms with van der Waals surface area (Å²) in [6.07, 6.45) is 0.832. The molecule has 1 saturated heterocycles. The van der Waals surface area contributed by atoms with Crippen molar-refractivity contribution in [1.29, 1.82) is 0 Å². The number of rotatable bonds is 3. The topological polar surface area (TPSA) is 60.9 Å². The van der Waals surface area contributed by atoms with Crippen LogP contribution in [0.1, 0.15) is 24.5 Å². The zero-order chi connectivity index (χ0) is 15.6. The highest BCUT2D eigenvalue weighted by Gasteiger charge is 2.32. The number of nitrogens with zero attached hydrogens (tertiary/aromatic N) is 2. The molecule has 0 aliphatic carbocycles. The van der Waals surface area contributed by atoms with Crippen LogP contribution in [-0.2, 0) is 16.6 Å². The van der Waals surface area contributed by atoms with E-state index < -0.39 is 10.0 Å². The van der Waals surface area contributed by atoms with Crippen LogP contribution in [0.5, 0.6) is 0 Å². The molecule has 1 aliphatic rings. The van der Waals surface area contributed by atoms with Crippen molar-refractivity contribution in [2.24, 2.45) is 0 Å². The summed E-state index contributed by atoms with van der Waals surface area (Å²) in [7, 11) is -1.51. The average Bonchev–Trinajstić information content (AvgIpc) is 2.60. The standard InChI is InChI=1S/C15H24N2O3S/c1-12-5-6-14(11-18)9-15(12)21(19,20)17-8-4-7-16(3)10-13(17)2/h5-6,9,13,18H,4,7-8,10-11H2,1-3H3. The predicted octanol–water partition coefficient (Wildman–Crippen LogP) is 1.20. The van der Waals surface area contributed by atoms with Crippen LogP contribution in [-0.4, -0.2) is 55.5 Å². The van der Waals surface area contributed by atoms with E-state index in [1.807, 2.05) is 14.0 Å². The molecule has 21 heavy (non-hydrogen) atoms. The normalized spacial score (nSPS) is 22.2. The molecular weight excluding hydrogens is 288 g/mol. The van der Waals surface area contributed by atoms with Crippen molar-refractivity contribution in [2.45, 2.75) is 37.8 Å². The number of hydrogen-bond donors (Lipinski definition) is 1. The molecule has 0 bridgehead atoms. The van der Waals surface area contributed by atoms with E-state index in [0.29, 0.717) is 17.0 Å². The smallest absolute Gasteiger partial charge is 0.243 e. The molecule has 1 aliphatic heterocycles. The third-order valence-corrected chi connectivity index (χ3v) is 6.16. The largest absolute Gasteiger partial charge is 0.392 e. The maximum Gasteiger partial charge on any atom is 0.243 e. The molecule has 0 aromatic heterocycles. The second-order valence-corrected chi connectivity index (χ2v) is 7.70. The van der Waals surface area contributed by atoms with Gasteiger partial charge in [0.15, 0.2) is 0 Å². The Morgan fingerprint density at radius 1 is 1.33 bits per heavy atom. The van der Waals surface area contributed by atoms with Crippen LogP contribution in [0.15, 0.2) is 23.1 Å². The van der Waals surface area contributed by atoms with E-state index in [1.165, 1.54) is 0 Å². The molecule has 0 spiro atoms. The minimum Gasteiger partial charge on any atom is -0.392 e. The van der Waals surface area contributed by atoms with Crippen molar-refractivity contribution in [1.82, 2.24) is 9.21 Å². The second kappa shape index (κ2) is 6.44. The van der Waals surface area contributed by atoms with Crippen LogP contribution in [0, 0.1) is 6.92 Å². The van der Waals surface area contributed by atoms with Gasteiger partial charge in [0.2, 0.25) is 10.0 Å². The number of sulfonamides is 1. The summed E-state index contributed by atoms with van der Waals surface area (Å²) < 4.78 is 27.5. The molecule has 1 atom stereocenters. The van der Waals surface area contributed by atoms with Crippen molar-refractivity contribution in [3.8, 4) is 0 Å².